The Labute approximate surface area is 136 Å². The van der Waals surface area contributed by atoms with Crippen molar-refractivity contribution in [2.45, 2.75) is 6.92 Å². The number of hydrogen-bond acceptors (Lipinski definition) is 2. The van der Waals surface area contributed by atoms with E-state index >= 15 is 0 Å². The van der Waals surface area contributed by atoms with Crippen molar-refractivity contribution >= 4 is 23.3 Å². The summed E-state index contributed by atoms with van der Waals surface area (Å²) in [7, 11) is 0. The maximum absolute atomic E-state index is 12.4. The van der Waals surface area contributed by atoms with Crippen molar-refractivity contribution in [2.24, 2.45) is 0 Å². The van der Waals surface area contributed by atoms with Crippen molar-refractivity contribution in [3.05, 3.63) is 83.9 Å². The number of allylic oxidation sites excluding steroid dienone is 1. The summed E-state index contributed by atoms with van der Waals surface area (Å²) >= 11 is 0. The maximum atomic E-state index is 12.4. The van der Waals surface area contributed by atoms with E-state index in [-0.39, 0.29) is 11.7 Å². The highest BCUT2D eigenvalue weighted by atomic mass is 16.1. The van der Waals surface area contributed by atoms with Crippen LogP contribution in [0.5, 0.6) is 0 Å². The Morgan fingerprint density at radius 1 is 1.00 bits per heavy atom. The van der Waals surface area contributed by atoms with Gasteiger partial charge in [0.25, 0.3) is 0 Å². The van der Waals surface area contributed by atoms with E-state index < -0.39 is 0 Å². The van der Waals surface area contributed by atoms with Gasteiger partial charge >= 0.3 is 0 Å². The predicted molar refractivity (Wildman–Crippen MR) is 94.0 cm³/mol. The monoisotopic (exact) mass is 305 g/mol. The molecule has 0 bridgehead atoms. The van der Waals surface area contributed by atoms with Gasteiger partial charge in [0, 0.05) is 24.6 Å². The molecular weight excluding hydrogens is 286 g/mol. The molecule has 0 fully saturated rings. The number of benzene rings is 2. The molecule has 2 aromatic carbocycles. The van der Waals surface area contributed by atoms with Crippen LogP contribution in [-0.2, 0) is 4.79 Å². The molecule has 2 aromatic rings. The highest BCUT2D eigenvalue weighted by Crippen LogP contribution is 2.18. The Morgan fingerprint density at radius 3 is 2.26 bits per heavy atom. The van der Waals surface area contributed by atoms with Crippen LogP contribution in [0.3, 0.4) is 0 Å². The first-order valence-electron chi connectivity index (χ1n) is 7.38. The molecule has 0 spiro atoms. The first kappa shape index (κ1) is 16.4. The molecule has 3 heteroatoms. The Morgan fingerprint density at radius 2 is 1.65 bits per heavy atom. The first-order valence-corrected chi connectivity index (χ1v) is 7.38. The van der Waals surface area contributed by atoms with E-state index in [1.165, 1.54) is 6.92 Å². The van der Waals surface area contributed by atoms with Crippen LogP contribution in [0.25, 0.3) is 11.6 Å². The number of rotatable bonds is 6. The molecule has 1 N–H and O–H groups in total. The third-order valence-electron chi connectivity index (χ3n) is 3.35. The molecule has 0 radical (unpaired) electrons. The number of hydrogen-bond donors (Lipinski definition) is 1. The highest BCUT2D eigenvalue weighted by Gasteiger charge is 2.11. The summed E-state index contributed by atoms with van der Waals surface area (Å²) in [5, 5.41) is 2.69. The molecule has 0 saturated heterocycles. The molecule has 2 rings (SSSR count). The standard InChI is InChI=1S/C20H19NO2/c1-15(18-8-4-3-5-9-18)20(23)19-12-10-17(11-13-19)7-6-14-21-16(2)22/h3-13H,1,14H2,2H3,(H,21,22)/b7-6+. The van der Waals surface area contributed by atoms with Gasteiger partial charge in [0.05, 0.1) is 0 Å². The van der Waals surface area contributed by atoms with Crippen molar-refractivity contribution in [2.75, 3.05) is 6.54 Å². The summed E-state index contributed by atoms with van der Waals surface area (Å²) in [6.07, 6.45) is 3.76. The van der Waals surface area contributed by atoms with E-state index in [9.17, 15) is 9.59 Å². The zero-order valence-electron chi connectivity index (χ0n) is 13.1. The van der Waals surface area contributed by atoms with Crippen LogP contribution in [0.1, 0.15) is 28.4 Å². The number of carbonyl (C=O) groups excluding carboxylic acids is 2. The molecule has 0 aliphatic carbocycles. The van der Waals surface area contributed by atoms with Gasteiger partial charge in [0.2, 0.25) is 5.91 Å². The number of nitrogens with one attached hydrogen (secondary N) is 1. The Hall–Kier alpha value is -2.94. The average molecular weight is 305 g/mol. The Bertz CT molecular complexity index is 728. The quantitative estimate of drug-likeness (QED) is 0.653. The fourth-order valence-electron chi connectivity index (χ4n) is 2.09. The molecule has 1 amide bonds. The Balaban J connectivity index is 2.03. The lowest BCUT2D eigenvalue weighted by Gasteiger charge is -2.05. The van der Waals surface area contributed by atoms with Crippen molar-refractivity contribution < 1.29 is 9.59 Å². The molecule has 116 valence electrons. The van der Waals surface area contributed by atoms with Gasteiger partial charge < -0.3 is 5.32 Å². The second-order valence-electron chi connectivity index (χ2n) is 5.14. The Kier molecular flexibility index (Phi) is 5.64. The van der Waals surface area contributed by atoms with Gasteiger partial charge in [-0.2, -0.15) is 0 Å². The zero-order chi connectivity index (χ0) is 16.7. The molecule has 0 heterocycles. The molecule has 0 saturated carbocycles. The predicted octanol–water partition coefficient (Wildman–Crippen LogP) is 3.73. The van der Waals surface area contributed by atoms with Crippen LogP contribution in [0.4, 0.5) is 0 Å². The topological polar surface area (TPSA) is 46.2 Å². The first-order chi connectivity index (χ1) is 11.1. The summed E-state index contributed by atoms with van der Waals surface area (Å²) in [5.74, 6) is -0.139. The van der Waals surface area contributed by atoms with Crippen molar-refractivity contribution in [1.29, 1.82) is 0 Å². The number of amides is 1. The van der Waals surface area contributed by atoms with Crippen LogP contribution in [0.15, 0.2) is 67.3 Å². The summed E-state index contributed by atoms with van der Waals surface area (Å²) in [5.41, 5.74) is 2.89. The van der Waals surface area contributed by atoms with E-state index in [0.29, 0.717) is 17.7 Å². The smallest absolute Gasteiger partial charge is 0.217 e. The molecule has 0 aliphatic heterocycles. The van der Waals surface area contributed by atoms with Crippen LogP contribution in [0.2, 0.25) is 0 Å². The minimum Gasteiger partial charge on any atom is -0.353 e. The molecule has 0 unspecified atom stereocenters. The third kappa shape index (κ3) is 4.78. The van der Waals surface area contributed by atoms with Crippen molar-refractivity contribution in [3.63, 3.8) is 0 Å². The summed E-state index contributed by atoms with van der Waals surface area (Å²) < 4.78 is 0. The second kappa shape index (κ2) is 7.90. The van der Waals surface area contributed by atoms with Gasteiger partial charge in [-0.15, -0.1) is 0 Å². The minimum atomic E-state index is -0.0787. The summed E-state index contributed by atoms with van der Waals surface area (Å²) in [6, 6.07) is 16.7. The summed E-state index contributed by atoms with van der Waals surface area (Å²) in [6.45, 7) is 5.86. The molecule has 0 aromatic heterocycles. The van der Waals surface area contributed by atoms with Crippen molar-refractivity contribution in [1.82, 2.24) is 5.32 Å². The van der Waals surface area contributed by atoms with Gasteiger partial charge in [-0.25, -0.2) is 0 Å². The maximum Gasteiger partial charge on any atom is 0.217 e. The van der Waals surface area contributed by atoms with E-state index in [1.807, 2.05) is 54.6 Å². The third-order valence-corrected chi connectivity index (χ3v) is 3.35. The van der Waals surface area contributed by atoms with Gasteiger partial charge in [-0.3, -0.25) is 9.59 Å². The molecule has 23 heavy (non-hydrogen) atoms. The van der Waals surface area contributed by atoms with Crippen molar-refractivity contribution in [3.8, 4) is 0 Å². The lowest BCUT2D eigenvalue weighted by atomic mass is 9.97. The molecule has 0 aliphatic rings. The SMILES string of the molecule is C=C(C(=O)c1ccc(/C=C/CNC(C)=O)cc1)c1ccccc1. The van der Waals surface area contributed by atoms with Gasteiger partial charge in [0.15, 0.2) is 5.78 Å². The van der Waals surface area contributed by atoms with E-state index in [1.54, 1.807) is 12.1 Å². The van der Waals surface area contributed by atoms with Gasteiger partial charge in [-0.05, 0) is 11.1 Å². The van der Waals surface area contributed by atoms with E-state index in [0.717, 1.165) is 11.1 Å². The normalized spacial score (nSPS) is 10.5. The van der Waals surface area contributed by atoms with E-state index in [4.69, 9.17) is 0 Å². The van der Waals surface area contributed by atoms with Gasteiger partial charge in [-0.1, -0.05) is 73.3 Å². The second-order valence-corrected chi connectivity index (χ2v) is 5.14. The summed E-state index contributed by atoms with van der Waals surface area (Å²) in [4.78, 5) is 23.2. The lowest BCUT2D eigenvalue weighted by Crippen LogP contribution is -2.19. The largest absolute Gasteiger partial charge is 0.353 e. The lowest BCUT2D eigenvalue weighted by molar-refractivity contribution is -0.118. The number of ketones is 1. The van der Waals surface area contributed by atoms with Crippen LogP contribution in [-0.4, -0.2) is 18.2 Å². The van der Waals surface area contributed by atoms with Crippen LogP contribution < -0.4 is 5.32 Å². The van der Waals surface area contributed by atoms with Gasteiger partial charge in [0.1, 0.15) is 0 Å². The average Bonchev–Trinajstić information content (AvgIpc) is 2.58. The molecule has 0 atom stereocenters. The van der Waals surface area contributed by atoms with Crippen LogP contribution in [0, 0.1) is 0 Å². The molecular formula is C20H19NO2. The number of carbonyl (C=O) groups is 2. The van der Waals surface area contributed by atoms with Crippen LogP contribution >= 0.6 is 0 Å². The number of Topliss-reactive ketones (excluding diaryl/α,β-unsaturated/α-hetero) is 1. The zero-order valence-corrected chi connectivity index (χ0v) is 13.1. The minimum absolute atomic E-state index is 0.0602. The fourth-order valence-corrected chi connectivity index (χ4v) is 2.09. The fraction of sp³-hybridized carbons (Fsp3) is 0.100. The highest BCUT2D eigenvalue weighted by molar-refractivity contribution is 6.28. The molecule has 3 nitrogen and oxygen atoms in total. The van der Waals surface area contributed by atoms with E-state index in [2.05, 4.69) is 11.9 Å².